The third kappa shape index (κ3) is 3.57. The van der Waals surface area contributed by atoms with Gasteiger partial charge >= 0.3 is 0 Å². The zero-order valence-corrected chi connectivity index (χ0v) is 14.9. The molecule has 0 aliphatic carbocycles. The molecule has 1 atom stereocenters. The van der Waals surface area contributed by atoms with Gasteiger partial charge in [-0.1, -0.05) is 12.1 Å². The Labute approximate surface area is 152 Å². The van der Waals surface area contributed by atoms with E-state index in [1.807, 2.05) is 19.1 Å². The number of hydrogen-bond acceptors (Lipinski definition) is 7. The molecule has 7 heteroatoms. The van der Waals surface area contributed by atoms with Gasteiger partial charge < -0.3 is 9.15 Å². The number of rotatable bonds is 5. The molecule has 134 valence electrons. The van der Waals surface area contributed by atoms with E-state index in [2.05, 4.69) is 37.2 Å². The van der Waals surface area contributed by atoms with Crippen molar-refractivity contribution >= 4 is 0 Å². The highest BCUT2D eigenvalue weighted by Gasteiger charge is 2.28. The molecule has 0 radical (unpaired) electrons. The zero-order chi connectivity index (χ0) is 17.9. The number of hydrogen-bond donors (Lipinski definition) is 0. The van der Waals surface area contributed by atoms with Crippen molar-refractivity contribution in [3.63, 3.8) is 0 Å². The Kier molecular flexibility index (Phi) is 4.62. The van der Waals surface area contributed by atoms with Crippen LogP contribution in [0.3, 0.4) is 0 Å². The van der Waals surface area contributed by atoms with E-state index in [0.29, 0.717) is 17.5 Å². The molecule has 1 aliphatic rings. The Hall–Kier alpha value is -2.80. The highest BCUT2D eigenvalue weighted by molar-refractivity contribution is 5.43. The van der Waals surface area contributed by atoms with E-state index in [0.717, 1.165) is 37.5 Å². The van der Waals surface area contributed by atoms with Crippen LogP contribution < -0.4 is 4.74 Å². The lowest BCUT2D eigenvalue weighted by molar-refractivity contribution is 0.319. The Morgan fingerprint density at radius 1 is 1.23 bits per heavy atom. The molecule has 0 unspecified atom stereocenters. The standard InChI is InChI=1S/C19H21N5O2/c1-13-9-21-17(10-20-13)19-23-22-18(26-19)15-6-7-24(12-15)11-14-4-3-5-16(8-14)25-2/h3-5,8-10,15H,6-7,11-12H2,1-2H3/t15-/m1/s1. The molecule has 1 saturated heterocycles. The lowest BCUT2D eigenvalue weighted by Gasteiger charge is -2.15. The Morgan fingerprint density at radius 3 is 2.96 bits per heavy atom. The van der Waals surface area contributed by atoms with Crippen molar-refractivity contribution in [3.05, 3.63) is 53.8 Å². The van der Waals surface area contributed by atoms with E-state index in [1.54, 1.807) is 19.5 Å². The Morgan fingerprint density at radius 2 is 2.15 bits per heavy atom. The van der Waals surface area contributed by atoms with Gasteiger partial charge in [0.15, 0.2) is 0 Å². The SMILES string of the molecule is COc1cccc(CN2CC[C@@H](c3nnc(-c4cnc(C)cn4)o3)C2)c1. The molecular weight excluding hydrogens is 330 g/mol. The van der Waals surface area contributed by atoms with Crippen LogP contribution in [-0.2, 0) is 6.54 Å². The molecule has 1 aromatic carbocycles. The number of likely N-dealkylation sites (tertiary alicyclic amines) is 1. The number of ether oxygens (including phenoxy) is 1. The van der Waals surface area contributed by atoms with Gasteiger partial charge in [-0.3, -0.25) is 9.88 Å². The van der Waals surface area contributed by atoms with Crippen molar-refractivity contribution in [2.24, 2.45) is 0 Å². The maximum Gasteiger partial charge on any atom is 0.267 e. The van der Waals surface area contributed by atoms with Crippen LogP contribution in [0.4, 0.5) is 0 Å². The normalized spacial score (nSPS) is 17.5. The van der Waals surface area contributed by atoms with E-state index < -0.39 is 0 Å². The molecule has 0 saturated carbocycles. The topological polar surface area (TPSA) is 77.2 Å². The summed E-state index contributed by atoms with van der Waals surface area (Å²) in [5.41, 5.74) is 2.71. The molecular formula is C19H21N5O2. The summed E-state index contributed by atoms with van der Waals surface area (Å²) in [6, 6.07) is 8.18. The quantitative estimate of drug-likeness (QED) is 0.699. The molecule has 0 amide bonds. The van der Waals surface area contributed by atoms with E-state index in [9.17, 15) is 0 Å². The van der Waals surface area contributed by atoms with Crippen molar-refractivity contribution < 1.29 is 9.15 Å². The first-order valence-electron chi connectivity index (χ1n) is 8.69. The summed E-state index contributed by atoms with van der Waals surface area (Å²) in [5, 5.41) is 8.37. The van der Waals surface area contributed by atoms with Gasteiger partial charge in [-0.15, -0.1) is 10.2 Å². The summed E-state index contributed by atoms with van der Waals surface area (Å²) in [6.45, 7) is 4.69. The van der Waals surface area contributed by atoms with Gasteiger partial charge in [-0.25, -0.2) is 4.98 Å². The van der Waals surface area contributed by atoms with Crippen molar-refractivity contribution in [1.82, 2.24) is 25.1 Å². The minimum atomic E-state index is 0.250. The monoisotopic (exact) mass is 351 g/mol. The third-order valence-electron chi connectivity index (χ3n) is 4.60. The molecule has 4 rings (SSSR count). The molecule has 1 aliphatic heterocycles. The second-order valence-electron chi connectivity index (χ2n) is 6.56. The molecule has 26 heavy (non-hydrogen) atoms. The summed E-state index contributed by atoms with van der Waals surface area (Å²) in [7, 11) is 1.69. The molecule has 2 aromatic heterocycles. The van der Waals surface area contributed by atoms with Gasteiger partial charge in [0.2, 0.25) is 5.89 Å². The number of nitrogens with zero attached hydrogens (tertiary/aromatic N) is 5. The fraction of sp³-hybridized carbons (Fsp3) is 0.368. The van der Waals surface area contributed by atoms with Crippen molar-refractivity contribution in [1.29, 1.82) is 0 Å². The lowest BCUT2D eigenvalue weighted by Crippen LogP contribution is -2.19. The van der Waals surface area contributed by atoms with Gasteiger partial charge in [-0.05, 0) is 37.6 Å². The minimum absolute atomic E-state index is 0.250. The van der Waals surface area contributed by atoms with Gasteiger partial charge in [0.05, 0.1) is 24.9 Å². The predicted molar refractivity (Wildman–Crippen MR) is 95.7 cm³/mol. The average molecular weight is 351 g/mol. The first-order valence-corrected chi connectivity index (χ1v) is 8.69. The Bertz CT molecular complexity index is 878. The summed E-state index contributed by atoms with van der Waals surface area (Å²) >= 11 is 0. The van der Waals surface area contributed by atoms with Gasteiger partial charge in [0.1, 0.15) is 11.4 Å². The first kappa shape index (κ1) is 16.7. The zero-order valence-electron chi connectivity index (χ0n) is 14.9. The Balaban J connectivity index is 1.41. The number of benzene rings is 1. The van der Waals surface area contributed by atoms with Gasteiger partial charge in [-0.2, -0.15) is 0 Å². The van der Waals surface area contributed by atoms with Crippen LogP contribution in [0.2, 0.25) is 0 Å². The first-order chi connectivity index (χ1) is 12.7. The second-order valence-corrected chi connectivity index (χ2v) is 6.56. The molecule has 0 spiro atoms. The highest BCUT2D eigenvalue weighted by Crippen LogP contribution is 2.29. The predicted octanol–water partition coefficient (Wildman–Crippen LogP) is 2.83. The van der Waals surface area contributed by atoms with Gasteiger partial charge in [0.25, 0.3) is 5.89 Å². The fourth-order valence-corrected chi connectivity index (χ4v) is 3.21. The van der Waals surface area contributed by atoms with Crippen LogP contribution in [0.25, 0.3) is 11.6 Å². The fourth-order valence-electron chi connectivity index (χ4n) is 3.21. The van der Waals surface area contributed by atoms with Crippen LogP contribution in [0, 0.1) is 6.92 Å². The van der Waals surface area contributed by atoms with Crippen molar-refractivity contribution in [2.75, 3.05) is 20.2 Å². The van der Waals surface area contributed by atoms with E-state index in [1.165, 1.54) is 5.56 Å². The summed E-state index contributed by atoms with van der Waals surface area (Å²) in [4.78, 5) is 10.9. The van der Waals surface area contributed by atoms with Crippen molar-refractivity contribution in [3.8, 4) is 17.3 Å². The molecule has 0 N–H and O–H groups in total. The highest BCUT2D eigenvalue weighted by atomic mass is 16.5. The largest absolute Gasteiger partial charge is 0.497 e. The maximum atomic E-state index is 5.86. The maximum absolute atomic E-state index is 5.86. The van der Waals surface area contributed by atoms with Crippen molar-refractivity contribution in [2.45, 2.75) is 25.8 Å². The van der Waals surface area contributed by atoms with E-state index in [4.69, 9.17) is 9.15 Å². The second kappa shape index (κ2) is 7.21. The molecule has 3 heterocycles. The molecule has 3 aromatic rings. The number of methoxy groups -OCH3 is 1. The summed E-state index contributed by atoms with van der Waals surface area (Å²) in [5.74, 6) is 2.24. The van der Waals surface area contributed by atoms with Crippen LogP contribution in [0.1, 0.15) is 29.5 Å². The van der Waals surface area contributed by atoms with Crippen LogP contribution in [0.15, 0.2) is 41.1 Å². The number of aromatic nitrogens is 4. The summed E-state index contributed by atoms with van der Waals surface area (Å²) in [6.07, 6.45) is 4.37. The van der Waals surface area contributed by atoms with Crippen LogP contribution >= 0.6 is 0 Å². The average Bonchev–Trinajstić information content (AvgIpc) is 3.32. The van der Waals surface area contributed by atoms with E-state index >= 15 is 0 Å². The third-order valence-corrected chi connectivity index (χ3v) is 4.60. The minimum Gasteiger partial charge on any atom is -0.497 e. The molecule has 0 bridgehead atoms. The van der Waals surface area contributed by atoms with E-state index in [-0.39, 0.29) is 5.92 Å². The smallest absolute Gasteiger partial charge is 0.267 e. The number of aryl methyl sites for hydroxylation is 1. The van der Waals surface area contributed by atoms with Gasteiger partial charge in [0, 0.05) is 19.3 Å². The van der Waals surface area contributed by atoms with Crippen LogP contribution in [0.5, 0.6) is 5.75 Å². The molecule has 7 nitrogen and oxygen atoms in total. The van der Waals surface area contributed by atoms with Crippen LogP contribution in [-0.4, -0.2) is 45.3 Å². The lowest BCUT2D eigenvalue weighted by atomic mass is 10.1. The summed E-state index contributed by atoms with van der Waals surface area (Å²) < 4.78 is 11.2. The molecule has 1 fully saturated rings.